The number of esters is 1. The fraction of sp³-hybridized carbons (Fsp3) is 0.640. The smallest absolute Gasteiger partial charge is 0.427 e. The van der Waals surface area contributed by atoms with Crippen molar-refractivity contribution in [2.45, 2.75) is 66.0 Å². The average molecular weight is 479 g/mol. The lowest BCUT2D eigenvalue weighted by Gasteiger charge is -2.52. The lowest BCUT2D eigenvalue weighted by molar-refractivity contribution is -0.151. The third kappa shape index (κ3) is 5.29. The average Bonchev–Trinajstić information content (AvgIpc) is 3.07. The van der Waals surface area contributed by atoms with Gasteiger partial charge in [0.15, 0.2) is 0 Å². The quantitative estimate of drug-likeness (QED) is 0.344. The molecule has 0 saturated carbocycles. The zero-order valence-corrected chi connectivity index (χ0v) is 20.8. The molecule has 1 aromatic carbocycles. The Morgan fingerprint density at radius 3 is 2.18 bits per heavy atom. The summed E-state index contributed by atoms with van der Waals surface area (Å²) in [6.45, 7) is 10.2. The summed E-state index contributed by atoms with van der Waals surface area (Å²) in [4.78, 5) is 37.4. The molecule has 1 saturated heterocycles. The second-order valence-electron chi connectivity index (χ2n) is 9.45. The van der Waals surface area contributed by atoms with Crippen molar-refractivity contribution in [1.29, 1.82) is 0 Å². The molecular weight excluding hydrogens is 440 g/mol. The highest BCUT2D eigenvalue weighted by atomic mass is 16.5. The van der Waals surface area contributed by atoms with Crippen LogP contribution in [0.2, 0.25) is 0 Å². The predicted molar refractivity (Wildman–Crippen MR) is 126 cm³/mol. The van der Waals surface area contributed by atoms with Crippen LogP contribution in [-0.4, -0.2) is 63.7 Å². The van der Waals surface area contributed by atoms with Gasteiger partial charge < -0.3 is 19.7 Å². The molecule has 2 N–H and O–H groups in total. The molecule has 0 unspecified atom stereocenters. The topological polar surface area (TPSA) is 117 Å². The Hall–Kier alpha value is -2.81. The minimum absolute atomic E-state index is 0.0743. The normalized spacial score (nSPS) is 22.4. The summed E-state index contributed by atoms with van der Waals surface area (Å²) >= 11 is 0. The number of rotatable bonds is 11. The zero-order chi connectivity index (χ0) is 25.5. The second kappa shape index (κ2) is 11.6. The van der Waals surface area contributed by atoms with E-state index in [0.717, 1.165) is 15.6 Å². The van der Waals surface area contributed by atoms with Crippen molar-refractivity contribution in [2.75, 3.05) is 19.8 Å². The molecule has 1 aliphatic rings. The second-order valence-corrected chi connectivity index (χ2v) is 9.45. The molecule has 1 heterocycles. The molecule has 0 aromatic heterocycles. The molecule has 1 aromatic rings. The molecule has 0 radical (unpaired) electrons. The van der Waals surface area contributed by atoms with E-state index in [1.807, 2.05) is 58.0 Å². The van der Waals surface area contributed by atoms with Gasteiger partial charge in [-0.05, 0) is 37.2 Å². The highest BCUT2D eigenvalue weighted by Gasteiger charge is 2.68. The lowest BCUT2D eigenvalue weighted by Crippen LogP contribution is -2.63. The Morgan fingerprint density at radius 2 is 1.68 bits per heavy atom. The van der Waals surface area contributed by atoms with Crippen LogP contribution in [0, 0.1) is 17.3 Å². The number of hydrazine groups is 1. The summed E-state index contributed by atoms with van der Waals surface area (Å²) in [6.07, 6.45) is -1.95. The Bertz CT molecular complexity index is 845. The molecule has 1 fully saturated rings. The molecular formula is C25H38N2O7. The third-order valence-corrected chi connectivity index (χ3v) is 7.10. The summed E-state index contributed by atoms with van der Waals surface area (Å²) in [5, 5.41) is 21.9. The largest absolute Gasteiger partial charge is 0.466 e. The molecule has 9 heteroatoms. The monoisotopic (exact) mass is 478 g/mol. The minimum atomic E-state index is -1.36. The maximum atomic E-state index is 12.7. The van der Waals surface area contributed by atoms with Crippen LogP contribution in [0.1, 0.15) is 59.4 Å². The molecule has 2 atom stereocenters. The van der Waals surface area contributed by atoms with Gasteiger partial charge in [0.2, 0.25) is 0 Å². The summed E-state index contributed by atoms with van der Waals surface area (Å²) in [5.74, 6) is -0.936. The van der Waals surface area contributed by atoms with E-state index in [1.54, 1.807) is 6.92 Å². The van der Waals surface area contributed by atoms with E-state index in [0.29, 0.717) is 26.1 Å². The first-order valence-corrected chi connectivity index (χ1v) is 11.8. The molecule has 0 aliphatic carbocycles. The maximum absolute atomic E-state index is 12.7. The molecule has 0 spiro atoms. The summed E-state index contributed by atoms with van der Waals surface area (Å²) in [5.41, 5.74) is -1.08. The van der Waals surface area contributed by atoms with Crippen molar-refractivity contribution in [2.24, 2.45) is 17.3 Å². The van der Waals surface area contributed by atoms with Crippen molar-refractivity contribution < 1.29 is 34.1 Å². The van der Waals surface area contributed by atoms with Crippen LogP contribution < -0.4 is 0 Å². The zero-order valence-electron chi connectivity index (χ0n) is 20.8. The summed E-state index contributed by atoms with van der Waals surface area (Å²) in [6, 6.07) is 9.73. The van der Waals surface area contributed by atoms with Crippen molar-refractivity contribution in [3.63, 3.8) is 0 Å². The number of amides is 2. The van der Waals surface area contributed by atoms with Crippen LogP contribution in [0.25, 0.3) is 0 Å². The highest BCUT2D eigenvalue weighted by molar-refractivity contribution is 5.76. The number of nitrogens with zero attached hydrogens (tertiary/aromatic N) is 2. The van der Waals surface area contributed by atoms with Gasteiger partial charge in [0.25, 0.3) is 0 Å². The van der Waals surface area contributed by atoms with Gasteiger partial charge in [-0.25, -0.2) is 19.6 Å². The molecule has 34 heavy (non-hydrogen) atoms. The Balaban J connectivity index is 2.42. The number of carbonyl (C=O) groups excluding carboxylic acids is 1. The molecule has 0 bridgehead atoms. The summed E-state index contributed by atoms with van der Waals surface area (Å²) in [7, 11) is 0. The number of carbonyl (C=O) groups is 3. The fourth-order valence-corrected chi connectivity index (χ4v) is 5.56. The number of benzene rings is 1. The van der Waals surface area contributed by atoms with Gasteiger partial charge >= 0.3 is 18.2 Å². The van der Waals surface area contributed by atoms with Gasteiger partial charge in [0.1, 0.15) is 0 Å². The number of hydrogen-bond acceptors (Lipinski definition) is 5. The number of carboxylic acid groups (broad SMARTS) is 2. The first kappa shape index (κ1) is 27.4. The standard InChI is InChI=1S/C25H38N2O7/c1-6-34-21(28)15-24(18(2)3)17-26(22(29)30)27(23(31)32)25(24,19(4)5)13-10-14-33-16-20-11-8-7-9-12-20/h7-9,11-12,18-19H,6,10,13-17H2,1-5H3,(H,29,30)(H,31,32)/t24-,25-/m1/s1. The van der Waals surface area contributed by atoms with Crippen LogP contribution >= 0.6 is 0 Å². The molecule has 9 nitrogen and oxygen atoms in total. The van der Waals surface area contributed by atoms with Gasteiger partial charge in [0, 0.05) is 12.0 Å². The maximum Gasteiger partial charge on any atom is 0.427 e. The first-order valence-electron chi connectivity index (χ1n) is 11.8. The van der Waals surface area contributed by atoms with Gasteiger partial charge in [-0.1, -0.05) is 58.0 Å². The molecule has 2 amide bonds. The first-order chi connectivity index (χ1) is 16.0. The molecule has 190 valence electrons. The van der Waals surface area contributed by atoms with E-state index >= 15 is 0 Å². The van der Waals surface area contributed by atoms with Crippen LogP contribution in [0.5, 0.6) is 0 Å². The van der Waals surface area contributed by atoms with Crippen LogP contribution in [0.15, 0.2) is 30.3 Å². The Kier molecular flexibility index (Phi) is 9.32. The van der Waals surface area contributed by atoms with E-state index in [1.165, 1.54) is 0 Å². The SMILES string of the molecule is CCOC(=O)C[C@]1(C(C)C)CN(C(=O)O)N(C(=O)O)[C@]1(CCCOCc1ccccc1)C(C)C. The number of hydrogen-bond donors (Lipinski definition) is 2. The van der Waals surface area contributed by atoms with Crippen molar-refractivity contribution >= 4 is 18.2 Å². The van der Waals surface area contributed by atoms with Crippen molar-refractivity contribution in [3.8, 4) is 0 Å². The van der Waals surface area contributed by atoms with Gasteiger partial charge in [0.05, 0.1) is 31.7 Å². The Labute approximate surface area is 201 Å². The van der Waals surface area contributed by atoms with E-state index in [9.17, 15) is 24.6 Å². The van der Waals surface area contributed by atoms with Gasteiger partial charge in [-0.15, -0.1) is 0 Å². The van der Waals surface area contributed by atoms with E-state index in [-0.39, 0.29) is 31.4 Å². The fourth-order valence-electron chi connectivity index (χ4n) is 5.56. The predicted octanol–water partition coefficient (Wildman–Crippen LogP) is 4.86. The third-order valence-electron chi connectivity index (χ3n) is 7.10. The van der Waals surface area contributed by atoms with E-state index in [2.05, 4.69) is 0 Å². The van der Waals surface area contributed by atoms with Crippen LogP contribution in [0.4, 0.5) is 9.59 Å². The highest BCUT2D eigenvalue weighted by Crippen LogP contribution is 2.57. The van der Waals surface area contributed by atoms with E-state index in [4.69, 9.17) is 9.47 Å². The van der Waals surface area contributed by atoms with E-state index < -0.39 is 29.1 Å². The van der Waals surface area contributed by atoms with Crippen LogP contribution in [-0.2, 0) is 20.9 Å². The molecule has 2 rings (SSSR count). The van der Waals surface area contributed by atoms with Gasteiger partial charge in [-0.3, -0.25) is 4.79 Å². The van der Waals surface area contributed by atoms with Gasteiger partial charge in [-0.2, -0.15) is 0 Å². The molecule has 1 aliphatic heterocycles. The lowest BCUT2D eigenvalue weighted by atomic mass is 9.56. The number of ether oxygens (including phenoxy) is 2. The van der Waals surface area contributed by atoms with Crippen molar-refractivity contribution in [1.82, 2.24) is 10.0 Å². The Morgan fingerprint density at radius 1 is 1.03 bits per heavy atom. The minimum Gasteiger partial charge on any atom is -0.466 e. The van der Waals surface area contributed by atoms with Crippen LogP contribution in [0.3, 0.4) is 0 Å². The summed E-state index contributed by atoms with van der Waals surface area (Å²) < 4.78 is 11.1. The van der Waals surface area contributed by atoms with Crippen molar-refractivity contribution in [3.05, 3.63) is 35.9 Å².